The van der Waals surface area contributed by atoms with Crippen molar-refractivity contribution in [2.45, 2.75) is 64.0 Å². The molecular weight excluding hydrogens is 442 g/mol. The van der Waals surface area contributed by atoms with E-state index in [0.29, 0.717) is 12.1 Å². The molecule has 2 aromatic heterocycles. The van der Waals surface area contributed by atoms with Crippen LogP contribution in [0.4, 0.5) is 22.2 Å². The van der Waals surface area contributed by atoms with Gasteiger partial charge in [-0.3, -0.25) is 0 Å². The number of anilines is 3. The smallest absolute Gasteiger partial charge is 0.410 e. The number of ether oxygens (including phenoxy) is 1. The van der Waals surface area contributed by atoms with Crippen molar-refractivity contribution in [3.63, 3.8) is 0 Å². The number of pyridine rings is 1. The van der Waals surface area contributed by atoms with Crippen molar-refractivity contribution >= 4 is 23.5 Å². The molecule has 35 heavy (non-hydrogen) atoms. The zero-order chi connectivity index (χ0) is 25.0. The van der Waals surface area contributed by atoms with Crippen molar-refractivity contribution < 1.29 is 9.53 Å². The van der Waals surface area contributed by atoms with E-state index in [9.17, 15) is 10.1 Å². The molecule has 1 amide bonds. The molecule has 184 valence electrons. The molecule has 1 saturated carbocycles. The van der Waals surface area contributed by atoms with Crippen LogP contribution in [0.1, 0.15) is 58.1 Å². The zero-order valence-corrected chi connectivity index (χ0v) is 21.2. The quantitative estimate of drug-likeness (QED) is 0.657. The first-order valence-corrected chi connectivity index (χ1v) is 12.3. The molecule has 4 heterocycles. The van der Waals surface area contributed by atoms with E-state index < -0.39 is 5.60 Å². The number of rotatable bonds is 3. The maximum Gasteiger partial charge on any atom is 0.410 e. The minimum atomic E-state index is -0.530. The first-order valence-electron chi connectivity index (χ1n) is 12.3. The van der Waals surface area contributed by atoms with Crippen LogP contribution in [0.15, 0.2) is 24.7 Å². The molecule has 0 aromatic carbocycles. The highest BCUT2D eigenvalue weighted by molar-refractivity contribution is 5.75. The highest BCUT2D eigenvalue weighted by Crippen LogP contribution is 2.56. The van der Waals surface area contributed by atoms with E-state index in [1.54, 1.807) is 23.5 Å². The SMILES string of the molecule is C[C@@H]1CN(c2ncnc3c2C2(CCC2)CN3c2cc(C#N)ccn2)C[C@@H]1N(C)C(=O)OC(C)(C)C. The highest BCUT2D eigenvalue weighted by Gasteiger charge is 2.52. The predicted molar refractivity (Wildman–Crippen MR) is 133 cm³/mol. The number of likely N-dealkylation sites (N-methyl/N-ethyl adjacent to an activating group) is 1. The molecule has 2 aromatic rings. The monoisotopic (exact) mass is 475 g/mol. The lowest BCUT2D eigenvalue weighted by Gasteiger charge is -2.40. The minimum Gasteiger partial charge on any atom is -0.444 e. The average Bonchev–Trinajstić information content (AvgIpc) is 3.36. The fourth-order valence-corrected chi connectivity index (χ4v) is 5.68. The van der Waals surface area contributed by atoms with Crippen molar-refractivity contribution in [3.8, 4) is 6.07 Å². The predicted octanol–water partition coefficient (Wildman–Crippen LogP) is 4.01. The van der Waals surface area contributed by atoms with Gasteiger partial charge in [0.1, 0.15) is 29.4 Å². The molecule has 2 aliphatic heterocycles. The van der Waals surface area contributed by atoms with Gasteiger partial charge in [-0.2, -0.15) is 5.26 Å². The van der Waals surface area contributed by atoms with Crippen molar-refractivity contribution in [1.82, 2.24) is 19.9 Å². The molecule has 9 nitrogen and oxygen atoms in total. The van der Waals surface area contributed by atoms with Gasteiger partial charge in [0, 0.05) is 43.9 Å². The van der Waals surface area contributed by atoms with Gasteiger partial charge < -0.3 is 19.4 Å². The van der Waals surface area contributed by atoms with Gasteiger partial charge in [-0.15, -0.1) is 0 Å². The Hall–Kier alpha value is -3.41. The van der Waals surface area contributed by atoms with Crippen LogP contribution in [-0.2, 0) is 10.2 Å². The van der Waals surface area contributed by atoms with E-state index in [1.807, 2.05) is 33.9 Å². The number of amides is 1. The highest BCUT2D eigenvalue weighted by atomic mass is 16.6. The van der Waals surface area contributed by atoms with E-state index in [-0.39, 0.29) is 23.5 Å². The van der Waals surface area contributed by atoms with Gasteiger partial charge in [0.2, 0.25) is 0 Å². The molecule has 2 atom stereocenters. The lowest BCUT2D eigenvalue weighted by molar-refractivity contribution is 0.0208. The third-order valence-electron chi connectivity index (χ3n) is 7.57. The standard InChI is InChI=1S/C26H33N7O2/c1-17-13-32(14-19(17)31(5)24(34)35-25(2,3)4)22-21-23(30-16-29-22)33(15-26(21)8-6-9-26)20-11-18(12-27)7-10-28-20/h7,10-11,16-17,19H,6,8-9,13-15H2,1-5H3/t17-,19+/m1/s1. The molecule has 9 heteroatoms. The third-order valence-corrected chi connectivity index (χ3v) is 7.57. The summed E-state index contributed by atoms with van der Waals surface area (Å²) in [6.07, 6.45) is 6.35. The normalized spacial score (nSPS) is 22.5. The number of nitriles is 1. The van der Waals surface area contributed by atoms with Crippen molar-refractivity contribution in [2.75, 3.05) is 36.5 Å². The first-order chi connectivity index (χ1) is 16.6. The molecule has 5 rings (SSSR count). The van der Waals surface area contributed by atoms with Gasteiger partial charge in [0.25, 0.3) is 0 Å². The van der Waals surface area contributed by atoms with Gasteiger partial charge in [-0.05, 0) is 51.7 Å². The number of fused-ring (bicyclic) bond motifs is 2. The van der Waals surface area contributed by atoms with Gasteiger partial charge >= 0.3 is 6.09 Å². The van der Waals surface area contributed by atoms with Crippen molar-refractivity contribution in [3.05, 3.63) is 35.8 Å². The topological polar surface area (TPSA) is 98.5 Å². The van der Waals surface area contributed by atoms with Gasteiger partial charge in [0.15, 0.2) is 0 Å². The number of nitrogens with zero attached hydrogens (tertiary/aromatic N) is 7. The Labute approximate surface area is 206 Å². The molecular formula is C26H33N7O2. The number of aromatic nitrogens is 3. The maximum atomic E-state index is 12.8. The maximum absolute atomic E-state index is 12.8. The second-order valence-corrected chi connectivity index (χ2v) is 11.2. The van der Waals surface area contributed by atoms with Crippen LogP contribution < -0.4 is 9.80 Å². The summed E-state index contributed by atoms with van der Waals surface area (Å²) in [7, 11) is 1.83. The summed E-state index contributed by atoms with van der Waals surface area (Å²) >= 11 is 0. The Morgan fingerprint density at radius 2 is 1.97 bits per heavy atom. The fourth-order valence-electron chi connectivity index (χ4n) is 5.68. The third kappa shape index (κ3) is 4.05. The van der Waals surface area contributed by atoms with Crippen LogP contribution >= 0.6 is 0 Å². The summed E-state index contributed by atoms with van der Waals surface area (Å²) in [5.74, 6) is 2.85. The van der Waals surface area contributed by atoms with E-state index in [1.165, 1.54) is 12.0 Å². The number of hydrogen-bond acceptors (Lipinski definition) is 8. The second-order valence-electron chi connectivity index (χ2n) is 11.2. The Kier molecular flexibility index (Phi) is 5.58. The molecule has 3 aliphatic rings. The van der Waals surface area contributed by atoms with Gasteiger partial charge in [-0.25, -0.2) is 19.7 Å². The summed E-state index contributed by atoms with van der Waals surface area (Å²) in [5.41, 5.74) is 1.23. The zero-order valence-electron chi connectivity index (χ0n) is 21.2. The fraction of sp³-hybridized carbons (Fsp3) is 0.577. The Morgan fingerprint density at radius 3 is 2.63 bits per heavy atom. The average molecular weight is 476 g/mol. The molecule has 0 unspecified atom stereocenters. The van der Waals surface area contributed by atoms with Gasteiger partial charge in [0.05, 0.1) is 17.7 Å². The molecule has 2 fully saturated rings. The van der Waals surface area contributed by atoms with Gasteiger partial charge in [-0.1, -0.05) is 13.3 Å². The summed E-state index contributed by atoms with van der Waals surface area (Å²) in [4.78, 5) is 33.0. The largest absolute Gasteiger partial charge is 0.444 e. The Morgan fingerprint density at radius 1 is 1.23 bits per heavy atom. The molecule has 0 N–H and O–H groups in total. The van der Waals surface area contributed by atoms with Crippen LogP contribution in [0.3, 0.4) is 0 Å². The molecule has 1 saturated heterocycles. The second kappa shape index (κ2) is 8.36. The summed E-state index contributed by atoms with van der Waals surface area (Å²) in [6.45, 7) is 10.1. The van der Waals surface area contributed by atoms with Crippen LogP contribution in [0, 0.1) is 17.2 Å². The molecule has 0 bridgehead atoms. The number of hydrogen-bond donors (Lipinski definition) is 0. The lowest BCUT2D eigenvalue weighted by atomic mass is 9.66. The van der Waals surface area contributed by atoms with Crippen molar-refractivity contribution in [2.24, 2.45) is 5.92 Å². The minimum absolute atomic E-state index is 0.00531. The Balaban J connectivity index is 1.46. The first kappa shape index (κ1) is 23.3. The number of carbonyl (C=O) groups excluding carboxylic acids is 1. The van der Waals surface area contributed by atoms with Crippen LogP contribution in [-0.4, -0.2) is 64.3 Å². The summed E-state index contributed by atoms with van der Waals surface area (Å²) in [5, 5.41) is 9.38. The van der Waals surface area contributed by atoms with Crippen LogP contribution in [0.2, 0.25) is 0 Å². The number of carbonyl (C=O) groups is 1. The summed E-state index contributed by atoms with van der Waals surface area (Å²) in [6, 6.07) is 5.79. The lowest BCUT2D eigenvalue weighted by Crippen LogP contribution is -2.44. The molecule has 1 spiro atoms. The van der Waals surface area contributed by atoms with E-state index in [2.05, 4.69) is 27.8 Å². The molecule has 1 aliphatic carbocycles. The summed E-state index contributed by atoms with van der Waals surface area (Å²) < 4.78 is 5.62. The van der Waals surface area contributed by atoms with E-state index >= 15 is 0 Å². The van der Waals surface area contributed by atoms with Crippen molar-refractivity contribution in [1.29, 1.82) is 5.26 Å². The van der Waals surface area contributed by atoms with E-state index in [0.717, 1.165) is 43.4 Å². The Bertz CT molecular complexity index is 1180. The molecule has 0 radical (unpaired) electrons. The van der Waals surface area contributed by atoms with Crippen LogP contribution in [0.5, 0.6) is 0 Å². The van der Waals surface area contributed by atoms with E-state index in [4.69, 9.17) is 14.7 Å². The van der Waals surface area contributed by atoms with Crippen LogP contribution in [0.25, 0.3) is 0 Å².